The molecule has 0 aliphatic heterocycles. The van der Waals surface area contributed by atoms with Crippen molar-refractivity contribution in [3.8, 4) is 11.5 Å². The minimum atomic E-state index is -0.0557. The van der Waals surface area contributed by atoms with Gasteiger partial charge >= 0.3 is 0 Å². The first kappa shape index (κ1) is 33.8. The first-order valence-electron chi connectivity index (χ1n) is 17.0. The highest BCUT2D eigenvalue weighted by Crippen LogP contribution is 2.39. The van der Waals surface area contributed by atoms with Gasteiger partial charge in [0.25, 0.3) is 0 Å². The molecular weight excluding hydrogens is 560 g/mol. The van der Waals surface area contributed by atoms with Gasteiger partial charge in [0, 0.05) is 25.7 Å². The van der Waals surface area contributed by atoms with E-state index in [1.807, 2.05) is 0 Å². The molecule has 5 rings (SSSR count). The van der Waals surface area contributed by atoms with Gasteiger partial charge in [-0.1, -0.05) is 144 Å². The van der Waals surface area contributed by atoms with Crippen LogP contribution in [0.3, 0.4) is 0 Å². The van der Waals surface area contributed by atoms with E-state index in [0.717, 1.165) is 22.3 Å². The average molecular weight is 617 g/mol. The van der Waals surface area contributed by atoms with Gasteiger partial charge < -0.3 is 10.2 Å². The number of benzene rings is 4. The number of phenols is 2. The van der Waals surface area contributed by atoms with Gasteiger partial charge in [0.15, 0.2) is 0 Å². The molecule has 0 amide bonds. The Kier molecular flexibility index (Phi) is 8.55. The lowest BCUT2D eigenvalue weighted by atomic mass is 9.79. The van der Waals surface area contributed by atoms with Crippen LogP contribution in [-0.2, 0) is 47.3 Å². The van der Waals surface area contributed by atoms with E-state index in [9.17, 15) is 10.2 Å². The molecule has 2 N–H and O–H groups in total. The fraction of sp³-hybridized carbons (Fsp3) is 0.455. The highest BCUT2D eigenvalue weighted by atomic mass is 16.3. The normalized spacial score (nSPS) is 14.3. The molecular formula is C44H56O2. The molecule has 2 nitrogen and oxygen atoms in total. The fourth-order valence-corrected chi connectivity index (χ4v) is 6.60. The van der Waals surface area contributed by atoms with Crippen LogP contribution in [0.2, 0.25) is 0 Å². The second kappa shape index (κ2) is 11.6. The minimum Gasteiger partial charge on any atom is -0.507 e. The molecule has 4 aromatic rings. The maximum absolute atomic E-state index is 11.9. The molecule has 8 bridgehead atoms. The van der Waals surface area contributed by atoms with Gasteiger partial charge in [-0.15, -0.1) is 0 Å². The summed E-state index contributed by atoms with van der Waals surface area (Å²) in [7, 11) is 0. The lowest BCUT2D eigenvalue weighted by Gasteiger charge is -2.26. The lowest BCUT2D eigenvalue weighted by molar-refractivity contribution is 0.461. The topological polar surface area (TPSA) is 40.5 Å². The molecule has 0 fully saturated rings. The molecule has 2 heteroatoms. The quantitative estimate of drug-likeness (QED) is 0.182. The standard InChI is InChI=1S/C44H56O2/c1-41(2,3)35-19-27-13-28(20-35)16-32-24-38(44(10,11)12)26-34(40(32)46)18-30-14-29(21-36(22-30)42(4,5)6)17-33-25-37(43(7,8)9)23-31(15-27)39(33)45/h13-14,19-26,45-46H,15-18H2,1-12H3. The smallest absolute Gasteiger partial charge is 0.122 e. The lowest BCUT2D eigenvalue weighted by Crippen LogP contribution is -2.15. The van der Waals surface area contributed by atoms with Gasteiger partial charge in [-0.3, -0.25) is 0 Å². The zero-order valence-electron chi connectivity index (χ0n) is 30.5. The molecule has 0 saturated carbocycles. The van der Waals surface area contributed by atoms with E-state index in [4.69, 9.17) is 0 Å². The van der Waals surface area contributed by atoms with E-state index < -0.39 is 0 Å². The van der Waals surface area contributed by atoms with Crippen LogP contribution < -0.4 is 0 Å². The van der Waals surface area contributed by atoms with Crippen molar-refractivity contribution >= 4 is 0 Å². The first-order valence-corrected chi connectivity index (χ1v) is 17.0. The Morgan fingerprint density at radius 3 is 0.717 bits per heavy atom. The first-order chi connectivity index (χ1) is 21.1. The molecule has 0 unspecified atom stereocenters. The van der Waals surface area contributed by atoms with Crippen LogP contribution in [0.5, 0.6) is 11.5 Å². The van der Waals surface area contributed by atoms with Gasteiger partial charge in [0.2, 0.25) is 0 Å². The Morgan fingerprint density at radius 1 is 0.326 bits per heavy atom. The third-order valence-corrected chi connectivity index (χ3v) is 9.68. The molecule has 0 spiro atoms. The number of hydrogen-bond donors (Lipinski definition) is 2. The van der Waals surface area contributed by atoms with Crippen LogP contribution in [0.15, 0.2) is 60.7 Å². The Hall–Kier alpha value is -3.52. The molecule has 244 valence electrons. The van der Waals surface area contributed by atoms with Gasteiger partial charge in [-0.05, 0) is 88.4 Å². The second-order valence-electron chi connectivity index (χ2n) is 18.1. The van der Waals surface area contributed by atoms with Crippen molar-refractivity contribution in [3.05, 3.63) is 127 Å². The number of rotatable bonds is 0. The summed E-state index contributed by atoms with van der Waals surface area (Å²) in [5, 5.41) is 23.8. The molecule has 0 saturated heterocycles. The van der Waals surface area contributed by atoms with E-state index in [0.29, 0.717) is 37.2 Å². The molecule has 0 heterocycles. The van der Waals surface area contributed by atoms with Crippen LogP contribution in [0.1, 0.15) is 150 Å². The highest BCUT2D eigenvalue weighted by Gasteiger charge is 2.24. The summed E-state index contributed by atoms with van der Waals surface area (Å²) in [6, 6.07) is 22.7. The van der Waals surface area contributed by atoms with Crippen molar-refractivity contribution in [1.82, 2.24) is 0 Å². The third kappa shape index (κ3) is 7.38. The second-order valence-corrected chi connectivity index (χ2v) is 18.1. The zero-order valence-corrected chi connectivity index (χ0v) is 30.5. The van der Waals surface area contributed by atoms with Crippen molar-refractivity contribution in [2.75, 3.05) is 0 Å². The Morgan fingerprint density at radius 2 is 0.522 bits per heavy atom. The largest absolute Gasteiger partial charge is 0.507 e. The molecule has 0 aromatic heterocycles. The van der Waals surface area contributed by atoms with Crippen LogP contribution in [0.25, 0.3) is 0 Å². The van der Waals surface area contributed by atoms with Gasteiger partial charge in [-0.2, -0.15) is 0 Å². The molecule has 46 heavy (non-hydrogen) atoms. The van der Waals surface area contributed by atoms with Crippen molar-refractivity contribution < 1.29 is 10.2 Å². The number of phenolic OH excluding ortho intramolecular Hbond substituents is 2. The van der Waals surface area contributed by atoms with Gasteiger partial charge in [-0.25, -0.2) is 0 Å². The van der Waals surface area contributed by atoms with Crippen LogP contribution >= 0.6 is 0 Å². The van der Waals surface area contributed by atoms with E-state index in [2.05, 4.69) is 144 Å². The molecule has 1 aliphatic carbocycles. The highest BCUT2D eigenvalue weighted by molar-refractivity contribution is 5.54. The Balaban J connectivity index is 1.83. The van der Waals surface area contributed by atoms with Crippen molar-refractivity contribution in [2.45, 2.75) is 130 Å². The van der Waals surface area contributed by atoms with E-state index in [1.165, 1.54) is 44.5 Å². The van der Waals surface area contributed by atoms with Crippen LogP contribution in [0, 0.1) is 0 Å². The number of aromatic hydroxyl groups is 2. The summed E-state index contributed by atoms with van der Waals surface area (Å²) in [5.74, 6) is 0.811. The molecule has 0 radical (unpaired) electrons. The van der Waals surface area contributed by atoms with E-state index in [-0.39, 0.29) is 21.7 Å². The number of hydrogen-bond acceptors (Lipinski definition) is 2. The summed E-state index contributed by atoms with van der Waals surface area (Å²) in [6.07, 6.45) is 2.58. The zero-order chi connectivity index (χ0) is 34.0. The summed E-state index contributed by atoms with van der Waals surface area (Å²) in [6.45, 7) is 27.1. The predicted octanol–water partition coefficient (Wildman–Crippen LogP) is 11.0. The minimum absolute atomic E-state index is 0.0417. The van der Waals surface area contributed by atoms with Crippen LogP contribution in [-0.4, -0.2) is 10.2 Å². The summed E-state index contributed by atoms with van der Waals surface area (Å²) >= 11 is 0. The predicted molar refractivity (Wildman–Crippen MR) is 195 cm³/mol. The Labute approximate surface area is 278 Å². The van der Waals surface area contributed by atoms with E-state index >= 15 is 0 Å². The summed E-state index contributed by atoms with van der Waals surface area (Å²) < 4.78 is 0. The van der Waals surface area contributed by atoms with Crippen molar-refractivity contribution in [1.29, 1.82) is 0 Å². The maximum Gasteiger partial charge on any atom is 0.122 e. The maximum atomic E-state index is 11.9. The van der Waals surface area contributed by atoms with Crippen molar-refractivity contribution in [2.24, 2.45) is 0 Å². The number of fused-ring (bicyclic) bond motifs is 8. The fourth-order valence-electron chi connectivity index (χ4n) is 6.60. The summed E-state index contributed by atoms with van der Waals surface area (Å²) in [5.41, 5.74) is 13.4. The Bertz CT molecular complexity index is 1550. The van der Waals surface area contributed by atoms with Crippen molar-refractivity contribution in [3.63, 3.8) is 0 Å². The molecule has 4 aromatic carbocycles. The monoisotopic (exact) mass is 616 g/mol. The van der Waals surface area contributed by atoms with Gasteiger partial charge in [0.05, 0.1) is 0 Å². The SMILES string of the molecule is CC(C)(C)c1cc2cc(c1)Cc1cc(C(C)(C)C)cc(c1O)Cc1cc(cc(C(C)(C)C)c1)Cc1cc(C(C)(C)C)cc(c1O)C2. The van der Waals surface area contributed by atoms with Crippen LogP contribution in [0.4, 0.5) is 0 Å². The third-order valence-electron chi connectivity index (χ3n) is 9.68. The summed E-state index contributed by atoms with van der Waals surface area (Å²) in [4.78, 5) is 0. The molecule has 1 aliphatic rings. The van der Waals surface area contributed by atoms with Gasteiger partial charge in [0.1, 0.15) is 11.5 Å². The average Bonchev–Trinajstić information content (AvgIpc) is 2.90. The van der Waals surface area contributed by atoms with E-state index in [1.54, 1.807) is 0 Å². The molecule has 0 atom stereocenters.